The highest BCUT2D eigenvalue weighted by atomic mass is 17.0. The van der Waals surface area contributed by atoms with Crippen LogP contribution in [0.1, 0.15) is 12.6 Å². The van der Waals surface area contributed by atoms with Crippen molar-refractivity contribution in [1.82, 2.24) is 9.55 Å². The molecule has 1 aliphatic heterocycles. The fourth-order valence-corrected chi connectivity index (χ4v) is 2.03. The first-order valence-corrected chi connectivity index (χ1v) is 5.92. The number of hydrogen-bond acceptors (Lipinski definition) is 9. The van der Waals surface area contributed by atoms with E-state index in [4.69, 9.17) is 4.74 Å². The first-order chi connectivity index (χ1) is 10.4. The van der Waals surface area contributed by atoms with Crippen LogP contribution in [-0.2, 0) is 14.4 Å². The van der Waals surface area contributed by atoms with Crippen molar-refractivity contribution in [2.75, 3.05) is 6.61 Å². The Bertz CT molecular complexity index is 682. The molecule has 0 amide bonds. The summed E-state index contributed by atoms with van der Waals surface area (Å²) >= 11 is 0. The molecule has 1 N–H and O–H groups in total. The summed E-state index contributed by atoms with van der Waals surface area (Å²) in [6, 6.07) is 1.06. The molecule has 2 rings (SSSR count). The van der Waals surface area contributed by atoms with Crippen molar-refractivity contribution in [3.63, 3.8) is 0 Å². The molecular formula is C9H10N4O9. The molecular weight excluding hydrogens is 308 g/mol. The maximum atomic E-state index is 11.6. The lowest BCUT2D eigenvalue weighted by Crippen LogP contribution is -2.32. The first kappa shape index (κ1) is 15.4. The van der Waals surface area contributed by atoms with Crippen LogP contribution in [-0.4, -0.2) is 38.5 Å². The van der Waals surface area contributed by atoms with Crippen LogP contribution in [0, 0.1) is 20.2 Å². The Morgan fingerprint density at radius 2 is 2.09 bits per heavy atom. The Kier molecular flexibility index (Phi) is 4.36. The molecule has 120 valence electrons. The second-order valence-electron chi connectivity index (χ2n) is 4.27. The topological polar surface area (TPSA) is 169 Å². The highest BCUT2D eigenvalue weighted by Gasteiger charge is 2.39. The van der Waals surface area contributed by atoms with Crippen LogP contribution in [0.15, 0.2) is 21.9 Å². The van der Waals surface area contributed by atoms with E-state index in [1.165, 1.54) is 0 Å². The first-order valence-electron chi connectivity index (χ1n) is 5.92. The Morgan fingerprint density at radius 3 is 2.68 bits per heavy atom. The molecule has 2 heterocycles. The van der Waals surface area contributed by atoms with Gasteiger partial charge in [0.1, 0.15) is 25.0 Å². The van der Waals surface area contributed by atoms with Crippen molar-refractivity contribution in [2.24, 2.45) is 0 Å². The van der Waals surface area contributed by atoms with E-state index < -0.39 is 46.5 Å². The van der Waals surface area contributed by atoms with Crippen molar-refractivity contribution in [3.05, 3.63) is 53.3 Å². The molecule has 13 heteroatoms. The number of nitrogens with one attached hydrogen (secondary N) is 1. The van der Waals surface area contributed by atoms with E-state index in [0.717, 1.165) is 16.8 Å². The number of nitrogens with zero attached hydrogens (tertiary/aromatic N) is 3. The largest absolute Gasteiger partial charge is 0.350 e. The fourth-order valence-electron chi connectivity index (χ4n) is 2.03. The molecule has 0 saturated carbocycles. The second kappa shape index (κ2) is 6.21. The Morgan fingerprint density at radius 1 is 1.36 bits per heavy atom. The number of aromatic nitrogens is 2. The average molecular weight is 318 g/mol. The van der Waals surface area contributed by atoms with Crippen LogP contribution in [0.2, 0.25) is 0 Å². The van der Waals surface area contributed by atoms with Gasteiger partial charge >= 0.3 is 5.69 Å². The van der Waals surface area contributed by atoms with Gasteiger partial charge in [-0.25, -0.2) is 4.79 Å². The summed E-state index contributed by atoms with van der Waals surface area (Å²) in [5.74, 6) is 0. The van der Waals surface area contributed by atoms with Gasteiger partial charge in [0.05, 0.1) is 0 Å². The smallest absolute Gasteiger partial charge is 0.330 e. The summed E-state index contributed by atoms with van der Waals surface area (Å²) < 4.78 is 6.30. The van der Waals surface area contributed by atoms with E-state index in [1.54, 1.807) is 0 Å². The summed E-state index contributed by atoms with van der Waals surface area (Å²) in [4.78, 5) is 53.7. The van der Waals surface area contributed by atoms with Crippen LogP contribution in [0.3, 0.4) is 0 Å². The van der Waals surface area contributed by atoms with Crippen molar-refractivity contribution >= 4 is 0 Å². The van der Waals surface area contributed by atoms with Gasteiger partial charge in [-0.05, 0) is 0 Å². The van der Waals surface area contributed by atoms with Crippen LogP contribution >= 0.6 is 0 Å². The van der Waals surface area contributed by atoms with E-state index in [1.807, 2.05) is 4.98 Å². The zero-order valence-electron chi connectivity index (χ0n) is 10.8. The minimum absolute atomic E-state index is 0.126. The van der Waals surface area contributed by atoms with Gasteiger partial charge in [0.2, 0.25) is 0 Å². The third-order valence-corrected chi connectivity index (χ3v) is 2.91. The number of rotatable bonds is 6. The summed E-state index contributed by atoms with van der Waals surface area (Å²) in [5, 5.41) is 18.5. The monoisotopic (exact) mass is 318 g/mol. The lowest BCUT2D eigenvalue weighted by atomic mass is 10.2. The zero-order chi connectivity index (χ0) is 16.3. The standard InChI is InChI=1S/C9H10N4O9/c14-7-1-2-11(9(15)10-7)8-3-5(22-13(18)19)6(21-8)4-20-12(16)17/h1-2,5-6,8H,3-4H2,(H,10,14,15)/t5-,6+,8+/m0/s1. The van der Waals surface area contributed by atoms with Crippen LogP contribution in [0.5, 0.6) is 0 Å². The van der Waals surface area contributed by atoms with Gasteiger partial charge in [0.15, 0.2) is 0 Å². The molecule has 13 nitrogen and oxygen atoms in total. The fraction of sp³-hybridized carbons (Fsp3) is 0.556. The average Bonchev–Trinajstić information content (AvgIpc) is 2.78. The Hall–Kier alpha value is -2.96. The number of hydrogen-bond donors (Lipinski definition) is 1. The minimum atomic E-state index is -1.15. The molecule has 1 aliphatic rings. The summed E-state index contributed by atoms with van der Waals surface area (Å²) in [6.07, 6.45) is -2.25. The maximum Gasteiger partial charge on any atom is 0.330 e. The third-order valence-electron chi connectivity index (χ3n) is 2.91. The summed E-state index contributed by atoms with van der Waals surface area (Å²) in [6.45, 7) is -0.597. The summed E-state index contributed by atoms with van der Waals surface area (Å²) in [5.41, 5.74) is -1.40. The SMILES string of the molecule is O=c1ccn([C@H]2C[C@H](O[N+](=O)[O-])[C@@H](CO[N+](=O)[O-])O2)c(=O)[nH]1. The lowest BCUT2D eigenvalue weighted by Gasteiger charge is -2.15. The molecule has 0 bridgehead atoms. The van der Waals surface area contributed by atoms with Gasteiger partial charge in [0.25, 0.3) is 15.7 Å². The van der Waals surface area contributed by atoms with Gasteiger partial charge in [-0.3, -0.25) is 14.3 Å². The molecule has 1 saturated heterocycles. The normalized spacial score (nSPS) is 23.9. The summed E-state index contributed by atoms with van der Waals surface area (Å²) in [7, 11) is 0. The molecule has 3 atom stereocenters. The van der Waals surface area contributed by atoms with E-state index in [-0.39, 0.29) is 6.42 Å². The molecule has 0 aromatic carbocycles. The van der Waals surface area contributed by atoms with Crippen LogP contribution in [0.25, 0.3) is 0 Å². The molecule has 22 heavy (non-hydrogen) atoms. The van der Waals surface area contributed by atoms with E-state index in [0.29, 0.717) is 0 Å². The predicted molar refractivity (Wildman–Crippen MR) is 64.7 cm³/mol. The molecule has 0 aliphatic carbocycles. The number of aromatic amines is 1. The van der Waals surface area contributed by atoms with Crippen LogP contribution < -0.4 is 11.2 Å². The van der Waals surface area contributed by atoms with Gasteiger partial charge in [-0.15, -0.1) is 20.2 Å². The van der Waals surface area contributed by atoms with Gasteiger partial charge in [-0.2, -0.15) is 0 Å². The van der Waals surface area contributed by atoms with Gasteiger partial charge in [-0.1, -0.05) is 0 Å². The van der Waals surface area contributed by atoms with Crippen LogP contribution in [0.4, 0.5) is 0 Å². The van der Waals surface area contributed by atoms with Gasteiger partial charge < -0.3 is 14.4 Å². The molecule has 1 fully saturated rings. The number of H-pyrrole nitrogens is 1. The molecule has 0 unspecified atom stereocenters. The maximum absolute atomic E-state index is 11.6. The van der Waals surface area contributed by atoms with Crippen molar-refractivity contribution in [3.8, 4) is 0 Å². The highest BCUT2D eigenvalue weighted by Crippen LogP contribution is 2.29. The van der Waals surface area contributed by atoms with E-state index >= 15 is 0 Å². The van der Waals surface area contributed by atoms with E-state index in [2.05, 4.69) is 9.68 Å². The number of ether oxygens (including phenoxy) is 1. The molecule has 1 aromatic heterocycles. The quantitative estimate of drug-likeness (QED) is 0.490. The minimum Gasteiger partial charge on any atom is -0.350 e. The Labute approximate surface area is 120 Å². The molecule has 1 aromatic rings. The second-order valence-corrected chi connectivity index (χ2v) is 4.27. The zero-order valence-corrected chi connectivity index (χ0v) is 10.8. The molecule has 0 radical (unpaired) electrons. The van der Waals surface area contributed by atoms with E-state index in [9.17, 15) is 29.8 Å². The Balaban J connectivity index is 2.17. The third kappa shape index (κ3) is 3.57. The predicted octanol–water partition coefficient (Wildman–Crippen LogP) is -1.39. The highest BCUT2D eigenvalue weighted by molar-refractivity contribution is 4.88. The van der Waals surface area contributed by atoms with Crippen molar-refractivity contribution in [2.45, 2.75) is 24.9 Å². The van der Waals surface area contributed by atoms with Gasteiger partial charge in [0, 0.05) is 18.7 Å². The van der Waals surface area contributed by atoms with Crippen molar-refractivity contribution in [1.29, 1.82) is 0 Å². The lowest BCUT2D eigenvalue weighted by molar-refractivity contribution is -0.775. The molecule has 0 spiro atoms. The van der Waals surface area contributed by atoms with Crippen molar-refractivity contribution < 1.29 is 24.6 Å².